The van der Waals surface area contributed by atoms with Crippen molar-refractivity contribution >= 4 is 10.9 Å². The summed E-state index contributed by atoms with van der Waals surface area (Å²) in [7, 11) is 1.47. The normalized spacial score (nSPS) is 11.2. The number of fused-ring (bicyclic) bond motifs is 1. The van der Waals surface area contributed by atoms with Crippen LogP contribution in [-0.4, -0.2) is 12.1 Å². The average Bonchev–Trinajstić information content (AvgIpc) is 2.30. The number of halogens is 1. The molecule has 0 atom stereocenters. The molecule has 0 amide bonds. The second kappa shape index (κ2) is 4.44. The van der Waals surface area contributed by atoms with Gasteiger partial charge in [0.15, 0.2) is 5.43 Å². The highest BCUT2D eigenvalue weighted by Gasteiger charge is 2.17. The predicted octanol–water partition coefficient (Wildman–Crippen LogP) is 3.11. The lowest BCUT2D eigenvalue weighted by Crippen LogP contribution is -2.16. The van der Waals surface area contributed by atoms with Crippen LogP contribution in [0.5, 0.6) is 5.75 Å². The second-order valence-electron chi connectivity index (χ2n) is 4.65. The Balaban J connectivity index is 3.01. The smallest absolute Gasteiger partial charge is 0.196 e. The van der Waals surface area contributed by atoms with Gasteiger partial charge in [0.1, 0.15) is 11.6 Å². The van der Waals surface area contributed by atoms with Crippen LogP contribution < -0.4 is 10.2 Å². The van der Waals surface area contributed by atoms with Gasteiger partial charge in [-0.2, -0.15) is 0 Å². The average molecular weight is 249 g/mol. The summed E-state index contributed by atoms with van der Waals surface area (Å²) in [6.45, 7) is 5.67. The minimum absolute atomic E-state index is 0.0751. The third-order valence-electron chi connectivity index (χ3n) is 3.10. The molecule has 1 aromatic heterocycles. The Morgan fingerprint density at radius 3 is 2.56 bits per heavy atom. The maximum Gasteiger partial charge on any atom is 0.196 e. The molecule has 0 aliphatic carbocycles. The number of hydrogen-bond acceptors (Lipinski definition) is 2. The lowest BCUT2D eigenvalue weighted by molar-refractivity contribution is 0.418. The van der Waals surface area contributed by atoms with Crippen molar-refractivity contribution in [2.45, 2.75) is 26.7 Å². The summed E-state index contributed by atoms with van der Waals surface area (Å²) in [6, 6.07) is 2.78. The zero-order valence-electron chi connectivity index (χ0n) is 10.9. The van der Waals surface area contributed by atoms with Crippen molar-refractivity contribution in [3.8, 4) is 5.75 Å². The van der Waals surface area contributed by atoms with Crippen molar-refractivity contribution in [1.82, 2.24) is 4.98 Å². The zero-order chi connectivity index (χ0) is 13.4. The monoisotopic (exact) mass is 249 g/mol. The number of benzene rings is 1. The summed E-state index contributed by atoms with van der Waals surface area (Å²) in [4.78, 5) is 15.4. The molecule has 0 aliphatic rings. The van der Waals surface area contributed by atoms with Gasteiger partial charge in [-0.05, 0) is 25.0 Å². The highest BCUT2D eigenvalue weighted by molar-refractivity contribution is 5.86. The lowest BCUT2D eigenvalue weighted by Gasteiger charge is -2.13. The molecule has 0 saturated carbocycles. The molecule has 1 N–H and O–H groups in total. The van der Waals surface area contributed by atoms with Gasteiger partial charge < -0.3 is 9.72 Å². The SMILES string of the molecule is COc1ccc(F)c2[nH]c(C)c(C(C)C)c(=O)c12. The van der Waals surface area contributed by atoms with Gasteiger partial charge in [-0.3, -0.25) is 4.79 Å². The summed E-state index contributed by atoms with van der Waals surface area (Å²) in [5, 5.41) is 0.284. The van der Waals surface area contributed by atoms with Crippen LogP contribution in [0.2, 0.25) is 0 Å². The van der Waals surface area contributed by atoms with Gasteiger partial charge in [0.25, 0.3) is 0 Å². The molecular weight excluding hydrogens is 233 g/mol. The fraction of sp³-hybridized carbons (Fsp3) is 0.357. The van der Waals surface area contributed by atoms with Crippen LogP contribution in [0, 0.1) is 12.7 Å². The maximum absolute atomic E-state index is 13.8. The molecule has 4 heteroatoms. The van der Waals surface area contributed by atoms with Crippen molar-refractivity contribution in [1.29, 1.82) is 0 Å². The van der Waals surface area contributed by atoms with Crippen molar-refractivity contribution in [2.24, 2.45) is 0 Å². The summed E-state index contributed by atoms with van der Waals surface area (Å²) >= 11 is 0. The fourth-order valence-corrected chi connectivity index (χ4v) is 2.33. The van der Waals surface area contributed by atoms with Crippen molar-refractivity contribution in [2.75, 3.05) is 7.11 Å². The second-order valence-corrected chi connectivity index (χ2v) is 4.65. The minimum Gasteiger partial charge on any atom is -0.496 e. The van der Waals surface area contributed by atoms with Gasteiger partial charge in [0.2, 0.25) is 0 Å². The van der Waals surface area contributed by atoms with E-state index in [1.54, 1.807) is 6.92 Å². The predicted molar refractivity (Wildman–Crippen MR) is 69.9 cm³/mol. The number of methoxy groups -OCH3 is 1. The van der Waals surface area contributed by atoms with Crippen molar-refractivity contribution in [3.05, 3.63) is 39.4 Å². The molecule has 1 heterocycles. The highest BCUT2D eigenvalue weighted by Crippen LogP contribution is 2.26. The number of aryl methyl sites for hydroxylation is 1. The number of nitrogens with one attached hydrogen (secondary N) is 1. The quantitative estimate of drug-likeness (QED) is 0.888. The van der Waals surface area contributed by atoms with E-state index in [1.807, 2.05) is 13.8 Å². The number of rotatable bonds is 2. The molecule has 0 saturated heterocycles. The van der Waals surface area contributed by atoms with E-state index in [1.165, 1.54) is 19.2 Å². The van der Waals surface area contributed by atoms with E-state index in [0.29, 0.717) is 17.0 Å². The number of pyridine rings is 1. The van der Waals surface area contributed by atoms with Crippen molar-refractivity contribution in [3.63, 3.8) is 0 Å². The largest absolute Gasteiger partial charge is 0.496 e. The molecule has 2 aromatic rings. The molecule has 0 fully saturated rings. The summed E-state index contributed by atoms with van der Waals surface area (Å²) in [5.74, 6) is 0.0296. The zero-order valence-corrected chi connectivity index (χ0v) is 10.9. The van der Waals surface area contributed by atoms with Crippen LogP contribution in [0.4, 0.5) is 4.39 Å². The van der Waals surface area contributed by atoms with Crippen LogP contribution in [0.15, 0.2) is 16.9 Å². The first kappa shape index (κ1) is 12.6. The van der Waals surface area contributed by atoms with Gasteiger partial charge >= 0.3 is 0 Å². The van der Waals surface area contributed by atoms with Crippen LogP contribution in [0.25, 0.3) is 10.9 Å². The summed E-state index contributed by atoms with van der Waals surface area (Å²) in [6.07, 6.45) is 0. The van der Waals surface area contributed by atoms with Gasteiger partial charge in [-0.15, -0.1) is 0 Å². The minimum atomic E-state index is -0.443. The Kier molecular flexibility index (Phi) is 3.11. The Hall–Kier alpha value is -1.84. The van der Waals surface area contributed by atoms with E-state index in [4.69, 9.17) is 4.74 Å². The van der Waals surface area contributed by atoms with Gasteiger partial charge in [0, 0.05) is 11.3 Å². The first-order valence-electron chi connectivity index (χ1n) is 5.86. The summed E-state index contributed by atoms with van der Waals surface area (Å²) in [5.41, 5.74) is 1.43. The van der Waals surface area contributed by atoms with E-state index in [9.17, 15) is 9.18 Å². The van der Waals surface area contributed by atoms with Crippen molar-refractivity contribution < 1.29 is 9.13 Å². The molecule has 0 spiro atoms. The first-order valence-corrected chi connectivity index (χ1v) is 5.86. The molecular formula is C14H16FNO2. The molecule has 3 nitrogen and oxygen atoms in total. The van der Waals surface area contributed by atoms with Crippen LogP contribution in [0.1, 0.15) is 31.0 Å². The van der Waals surface area contributed by atoms with E-state index >= 15 is 0 Å². The van der Waals surface area contributed by atoms with Crippen LogP contribution in [-0.2, 0) is 0 Å². The Morgan fingerprint density at radius 2 is 2.00 bits per heavy atom. The third-order valence-corrected chi connectivity index (χ3v) is 3.10. The molecule has 96 valence electrons. The molecule has 0 aliphatic heterocycles. The number of aromatic nitrogens is 1. The Morgan fingerprint density at radius 1 is 1.33 bits per heavy atom. The van der Waals surface area contributed by atoms with E-state index in [2.05, 4.69) is 4.98 Å². The molecule has 0 bridgehead atoms. The number of H-pyrrole nitrogens is 1. The molecule has 0 unspecified atom stereocenters. The van der Waals surface area contributed by atoms with E-state index < -0.39 is 5.82 Å². The molecule has 18 heavy (non-hydrogen) atoms. The number of ether oxygens (including phenoxy) is 1. The topological polar surface area (TPSA) is 42.1 Å². The van der Waals surface area contributed by atoms with Gasteiger partial charge in [-0.1, -0.05) is 13.8 Å². The van der Waals surface area contributed by atoms with Gasteiger partial charge in [-0.25, -0.2) is 4.39 Å². The maximum atomic E-state index is 13.8. The van der Waals surface area contributed by atoms with Crippen LogP contribution in [0.3, 0.4) is 0 Å². The fourth-order valence-electron chi connectivity index (χ4n) is 2.33. The van der Waals surface area contributed by atoms with Gasteiger partial charge in [0.05, 0.1) is 18.0 Å². The number of aromatic amines is 1. The third kappa shape index (κ3) is 1.78. The van der Waals surface area contributed by atoms with E-state index in [-0.39, 0.29) is 22.2 Å². The Bertz CT molecular complexity index is 659. The number of hydrogen-bond donors (Lipinski definition) is 1. The highest BCUT2D eigenvalue weighted by atomic mass is 19.1. The van der Waals surface area contributed by atoms with Crippen LogP contribution >= 0.6 is 0 Å². The molecule has 1 aromatic carbocycles. The lowest BCUT2D eigenvalue weighted by atomic mass is 9.98. The Labute approximate surface area is 105 Å². The van der Waals surface area contributed by atoms with E-state index in [0.717, 1.165) is 0 Å². The molecule has 2 rings (SSSR count). The molecule has 0 radical (unpaired) electrons. The summed E-state index contributed by atoms with van der Waals surface area (Å²) < 4.78 is 18.9. The standard InChI is InChI=1S/C14H16FNO2/c1-7(2)11-8(3)16-13-9(15)5-6-10(18-4)12(13)14(11)17/h5-7H,1-4H3,(H,16,17). The first-order chi connectivity index (χ1) is 8.47.